The summed E-state index contributed by atoms with van der Waals surface area (Å²) < 4.78 is 3.69. The van der Waals surface area contributed by atoms with Crippen molar-refractivity contribution in [3.8, 4) is 5.82 Å². The number of carbonyl (C=O) groups is 2. The summed E-state index contributed by atoms with van der Waals surface area (Å²) in [5.74, 6) is 0.399. The van der Waals surface area contributed by atoms with Crippen LogP contribution in [0.3, 0.4) is 0 Å². The molecule has 1 saturated heterocycles. The monoisotopic (exact) mass is 426 g/mol. The summed E-state index contributed by atoms with van der Waals surface area (Å²) in [6.07, 6.45) is 1.56. The van der Waals surface area contributed by atoms with Gasteiger partial charge in [-0.15, -0.1) is 0 Å². The number of amides is 2. The molecule has 9 heteroatoms. The molecule has 0 aliphatic carbocycles. The van der Waals surface area contributed by atoms with Crippen molar-refractivity contribution in [3.05, 3.63) is 58.5 Å². The number of rotatable bonds is 4. The summed E-state index contributed by atoms with van der Waals surface area (Å²) in [7, 11) is 1.81. The molecule has 30 heavy (non-hydrogen) atoms. The van der Waals surface area contributed by atoms with Crippen molar-refractivity contribution in [2.45, 2.75) is 13.8 Å². The number of carbonyl (C=O) groups excluding carboxylic acids is 2. The molecule has 0 bridgehead atoms. The highest BCUT2D eigenvalue weighted by atomic mass is 35.5. The van der Waals surface area contributed by atoms with Crippen molar-refractivity contribution in [2.75, 3.05) is 29.9 Å². The Bertz CT molecular complexity index is 1110. The molecule has 2 N–H and O–H groups in total. The molecule has 2 amide bonds. The molecular formula is C21H23ClN6O2. The van der Waals surface area contributed by atoms with Crippen LogP contribution in [0.5, 0.6) is 0 Å². The minimum absolute atomic E-state index is 0.0330. The van der Waals surface area contributed by atoms with Gasteiger partial charge in [-0.25, -0.2) is 0 Å². The van der Waals surface area contributed by atoms with Gasteiger partial charge in [0.05, 0.1) is 23.5 Å². The number of nitrogens with zero attached hydrogens (tertiary/aromatic N) is 4. The molecule has 0 unspecified atom stereocenters. The van der Waals surface area contributed by atoms with Crippen LogP contribution in [0.25, 0.3) is 5.82 Å². The van der Waals surface area contributed by atoms with Gasteiger partial charge < -0.3 is 20.1 Å². The molecule has 3 aromatic rings. The summed E-state index contributed by atoms with van der Waals surface area (Å²) in [6.45, 7) is 5.50. The van der Waals surface area contributed by atoms with E-state index in [0.29, 0.717) is 35.2 Å². The summed E-state index contributed by atoms with van der Waals surface area (Å²) in [4.78, 5) is 26.6. The fourth-order valence-corrected chi connectivity index (χ4v) is 4.04. The van der Waals surface area contributed by atoms with Crippen LogP contribution in [-0.4, -0.2) is 45.8 Å². The fraction of sp³-hybridized carbons (Fsp3) is 0.286. The lowest BCUT2D eigenvalue weighted by Crippen LogP contribution is -2.47. The van der Waals surface area contributed by atoms with Gasteiger partial charge in [-0.1, -0.05) is 11.6 Å². The van der Waals surface area contributed by atoms with E-state index < -0.39 is 0 Å². The van der Waals surface area contributed by atoms with Gasteiger partial charge in [-0.3, -0.25) is 14.3 Å². The number of nitrogens with one attached hydrogen (secondary N) is 2. The van der Waals surface area contributed by atoms with Crippen molar-refractivity contribution in [1.82, 2.24) is 19.7 Å². The van der Waals surface area contributed by atoms with Gasteiger partial charge in [0.1, 0.15) is 11.4 Å². The quantitative estimate of drug-likeness (QED) is 0.671. The third-order valence-electron chi connectivity index (χ3n) is 5.22. The minimum atomic E-state index is -0.272. The molecule has 0 saturated carbocycles. The lowest BCUT2D eigenvalue weighted by molar-refractivity contribution is -0.120. The van der Waals surface area contributed by atoms with Crippen LogP contribution < -0.4 is 15.5 Å². The van der Waals surface area contributed by atoms with Crippen LogP contribution in [-0.2, 0) is 11.8 Å². The number of piperazine rings is 1. The standard InChI is InChI=1S/C21H23ClN6O2/c1-13-4-5-14(2)28(13)21-16(11-24-26(21)3)20(30)25-15-6-7-18(17(22)10-15)27-9-8-23-19(29)12-27/h4-7,10-11H,8-9,12H2,1-3H3,(H,23,29)(H,25,30). The topological polar surface area (TPSA) is 84.2 Å². The van der Waals surface area contributed by atoms with Gasteiger partial charge >= 0.3 is 0 Å². The fourth-order valence-electron chi connectivity index (χ4n) is 3.74. The summed E-state index contributed by atoms with van der Waals surface area (Å²) in [5.41, 5.74) is 3.84. The first-order valence-electron chi connectivity index (χ1n) is 9.65. The number of anilines is 2. The Hall–Kier alpha value is -3.26. The number of aromatic nitrogens is 3. The van der Waals surface area contributed by atoms with E-state index in [1.54, 1.807) is 23.0 Å². The Morgan fingerprint density at radius 2 is 1.93 bits per heavy atom. The van der Waals surface area contributed by atoms with Crippen LogP contribution in [0.15, 0.2) is 36.5 Å². The molecule has 2 aromatic heterocycles. The smallest absolute Gasteiger partial charge is 0.261 e. The molecule has 0 radical (unpaired) electrons. The van der Waals surface area contributed by atoms with Crippen molar-refractivity contribution >= 4 is 34.8 Å². The average molecular weight is 427 g/mol. The molecule has 4 rings (SSSR count). The van der Waals surface area contributed by atoms with Crippen LogP contribution in [0.2, 0.25) is 5.02 Å². The maximum absolute atomic E-state index is 13.0. The Kier molecular flexibility index (Phi) is 5.26. The van der Waals surface area contributed by atoms with Crippen LogP contribution in [0, 0.1) is 13.8 Å². The molecular weight excluding hydrogens is 404 g/mol. The second kappa shape index (κ2) is 7.87. The number of halogens is 1. The van der Waals surface area contributed by atoms with Crippen molar-refractivity contribution in [3.63, 3.8) is 0 Å². The highest BCUT2D eigenvalue weighted by Crippen LogP contribution is 2.30. The molecule has 8 nitrogen and oxygen atoms in total. The van der Waals surface area contributed by atoms with Crippen LogP contribution in [0.1, 0.15) is 21.7 Å². The van der Waals surface area contributed by atoms with E-state index in [2.05, 4.69) is 15.7 Å². The first-order valence-corrected chi connectivity index (χ1v) is 10.0. The minimum Gasteiger partial charge on any atom is -0.359 e. The molecule has 1 aliphatic rings. The number of benzene rings is 1. The molecule has 3 heterocycles. The van der Waals surface area contributed by atoms with Gasteiger partial charge in [-0.05, 0) is 44.2 Å². The number of aryl methyl sites for hydroxylation is 3. The van der Waals surface area contributed by atoms with Crippen molar-refractivity contribution in [2.24, 2.45) is 7.05 Å². The third kappa shape index (κ3) is 3.66. The van der Waals surface area contributed by atoms with E-state index in [0.717, 1.165) is 17.1 Å². The van der Waals surface area contributed by atoms with Gasteiger partial charge in [0.2, 0.25) is 5.91 Å². The van der Waals surface area contributed by atoms with Gasteiger partial charge in [-0.2, -0.15) is 5.10 Å². The van der Waals surface area contributed by atoms with E-state index in [1.165, 1.54) is 0 Å². The van der Waals surface area contributed by atoms with Crippen molar-refractivity contribution < 1.29 is 9.59 Å². The zero-order valence-corrected chi connectivity index (χ0v) is 17.8. The zero-order valence-electron chi connectivity index (χ0n) is 17.1. The predicted octanol–water partition coefficient (Wildman–Crippen LogP) is 2.67. The lowest BCUT2D eigenvalue weighted by atomic mass is 10.2. The molecule has 1 aliphatic heterocycles. The Morgan fingerprint density at radius 1 is 1.20 bits per heavy atom. The Balaban J connectivity index is 1.58. The summed E-state index contributed by atoms with van der Waals surface area (Å²) in [5, 5.41) is 10.5. The second-order valence-corrected chi connectivity index (χ2v) is 7.76. The molecule has 156 valence electrons. The highest BCUT2D eigenvalue weighted by Gasteiger charge is 2.22. The van der Waals surface area contributed by atoms with Crippen molar-refractivity contribution in [1.29, 1.82) is 0 Å². The zero-order chi connectivity index (χ0) is 21.4. The highest BCUT2D eigenvalue weighted by molar-refractivity contribution is 6.33. The van der Waals surface area contributed by atoms with E-state index in [4.69, 9.17) is 11.6 Å². The third-order valence-corrected chi connectivity index (χ3v) is 5.52. The van der Waals surface area contributed by atoms with E-state index in [-0.39, 0.29) is 18.4 Å². The van der Waals surface area contributed by atoms with Gasteiger partial charge in [0.25, 0.3) is 5.91 Å². The second-order valence-electron chi connectivity index (χ2n) is 7.35. The summed E-state index contributed by atoms with van der Waals surface area (Å²) >= 11 is 6.45. The normalized spacial score (nSPS) is 14.0. The van der Waals surface area contributed by atoms with E-state index in [9.17, 15) is 9.59 Å². The maximum atomic E-state index is 13.0. The Labute approximate surface area is 179 Å². The van der Waals surface area contributed by atoms with Crippen LogP contribution >= 0.6 is 11.6 Å². The summed E-state index contributed by atoms with van der Waals surface area (Å²) in [6, 6.07) is 9.31. The number of hydrogen-bond acceptors (Lipinski definition) is 4. The molecule has 0 spiro atoms. The van der Waals surface area contributed by atoms with Gasteiger partial charge in [0.15, 0.2) is 0 Å². The molecule has 1 fully saturated rings. The predicted molar refractivity (Wildman–Crippen MR) is 117 cm³/mol. The SMILES string of the molecule is Cc1ccc(C)n1-c1c(C(=O)Nc2ccc(N3CCNC(=O)C3)c(Cl)c2)cnn1C. The average Bonchev–Trinajstić information content (AvgIpc) is 3.23. The number of hydrogen-bond donors (Lipinski definition) is 2. The van der Waals surface area contributed by atoms with Crippen LogP contribution in [0.4, 0.5) is 11.4 Å². The largest absolute Gasteiger partial charge is 0.359 e. The van der Waals surface area contributed by atoms with E-state index >= 15 is 0 Å². The van der Waals surface area contributed by atoms with E-state index in [1.807, 2.05) is 48.6 Å². The lowest BCUT2D eigenvalue weighted by Gasteiger charge is -2.29. The first kappa shape index (κ1) is 20.0. The van der Waals surface area contributed by atoms with Gasteiger partial charge in [0, 0.05) is 37.2 Å². The Morgan fingerprint density at radius 3 is 2.60 bits per heavy atom. The molecule has 1 aromatic carbocycles. The maximum Gasteiger partial charge on any atom is 0.261 e. The first-order chi connectivity index (χ1) is 14.3. The molecule has 0 atom stereocenters.